The van der Waals surface area contributed by atoms with Gasteiger partial charge in [-0.1, -0.05) is 31.3 Å². The van der Waals surface area contributed by atoms with Gasteiger partial charge in [0.05, 0.1) is 18.8 Å². The molecule has 0 spiro atoms. The summed E-state index contributed by atoms with van der Waals surface area (Å²) in [5.41, 5.74) is 1.53. The molecule has 3 aromatic heterocycles. The number of rotatable bonds is 7. The molecule has 0 amide bonds. The van der Waals surface area contributed by atoms with Gasteiger partial charge in [-0.05, 0) is 64.2 Å². The van der Waals surface area contributed by atoms with Crippen LogP contribution in [0.25, 0.3) is 22.8 Å². The van der Waals surface area contributed by atoms with Crippen LogP contribution >= 0.6 is 0 Å². The highest BCUT2D eigenvalue weighted by Crippen LogP contribution is 2.37. The highest BCUT2D eigenvalue weighted by atomic mass is 16.5. The first kappa shape index (κ1) is 25.3. The topological polar surface area (TPSA) is 127 Å². The summed E-state index contributed by atoms with van der Waals surface area (Å²) < 4.78 is 13.1. The molecule has 0 aromatic carbocycles. The summed E-state index contributed by atoms with van der Waals surface area (Å²) in [4.78, 5) is 31.5. The molecule has 2 aliphatic carbocycles. The summed E-state index contributed by atoms with van der Waals surface area (Å²) in [6.45, 7) is 11.2. The van der Waals surface area contributed by atoms with Crippen molar-refractivity contribution in [1.82, 2.24) is 29.7 Å². The van der Waals surface area contributed by atoms with Crippen molar-refractivity contribution in [2.24, 2.45) is 17.8 Å². The summed E-state index contributed by atoms with van der Waals surface area (Å²) >= 11 is 0. The number of fused-ring (bicyclic) bond motifs is 1. The zero-order valence-corrected chi connectivity index (χ0v) is 22.9. The van der Waals surface area contributed by atoms with Gasteiger partial charge in [0.1, 0.15) is 5.52 Å². The zero-order valence-electron chi connectivity index (χ0n) is 22.9. The van der Waals surface area contributed by atoms with Crippen molar-refractivity contribution in [2.75, 3.05) is 23.4 Å². The Hall–Kier alpha value is -2.95. The fraction of sp³-hybridized carbons (Fsp3) is 0.741. The highest BCUT2D eigenvalue weighted by Gasteiger charge is 2.33. The van der Waals surface area contributed by atoms with E-state index in [9.17, 15) is 4.79 Å². The van der Waals surface area contributed by atoms with Gasteiger partial charge < -0.3 is 19.5 Å². The maximum absolute atomic E-state index is 11.7. The van der Waals surface area contributed by atoms with Crippen LogP contribution in [0.4, 0.5) is 11.8 Å². The molecular weight excluding hydrogens is 484 g/mol. The van der Waals surface area contributed by atoms with Crippen LogP contribution in [0.5, 0.6) is 0 Å². The minimum absolute atomic E-state index is 0.102. The van der Waals surface area contributed by atoms with Crippen LogP contribution in [0.3, 0.4) is 0 Å². The van der Waals surface area contributed by atoms with Crippen molar-refractivity contribution in [3.05, 3.63) is 10.6 Å². The van der Waals surface area contributed by atoms with E-state index >= 15 is 0 Å². The lowest BCUT2D eigenvalue weighted by atomic mass is 9.80. The molecular formula is C27H40N8O3. The van der Waals surface area contributed by atoms with Gasteiger partial charge in [0.25, 0.3) is 0 Å². The second-order valence-electron chi connectivity index (χ2n) is 11.8. The van der Waals surface area contributed by atoms with E-state index < -0.39 is 5.76 Å². The maximum atomic E-state index is 11.7. The molecule has 1 saturated heterocycles. The first-order valence-electron chi connectivity index (χ1n) is 14.4. The Bertz CT molecular complexity index is 1320. The van der Waals surface area contributed by atoms with Gasteiger partial charge in [-0.2, -0.15) is 4.98 Å². The van der Waals surface area contributed by atoms with Crippen LogP contribution < -0.4 is 16.0 Å². The predicted octanol–water partition coefficient (Wildman–Crippen LogP) is 4.21. The number of morpholine rings is 1. The number of nitrogens with zero attached hydrogens (tertiary/aromatic N) is 6. The van der Waals surface area contributed by atoms with Crippen molar-refractivity contribution in [1.29, 1.82) is 0 Å². The normalized spacial score (nSPS) is 27.4. The maximum Gasteiger partial charge on any atom is 0.439 e. The molecule has 3 fully saturated rings. The van der Waals surface area contributed by atoms with Gasteiger partial charge in [0, 0.05) is 19.1 Å². The molecule has 6 rings (SSSR count). The Morgan fingerprint density at radius 3 is 2.55 bits per heavy atom. The van der Waals surface area contributed by atoms with E-state index in [2.05, 4.69) is 52.6 Å². The first-order chi connectivity index (χ1) is 18.4. The number of hydrogen-bond donors (Lipinski definition) is 2. The van der Waals surface area contributed by atoms with E-state index in [1.165, 1.54) is 44.9 Å². The number of nitrogens with one attached hydrogen (secondary N) is 2. The first-order valence-corrected chi connectivity index (χ1v) is 14.4. The Morgan fingerprint density at radius 1 is 1.08 bits per heavy atom. The largest absolute Gasteiger partial charge is 0.439 e. The average Bonchev–Trinajstić information content (AvgIpc) is 3.45. The summed E-state index contributed by atoms with van der Waals surface area (Å²) in [5, 5.41) is 7.58. The Morgan fingerprint density at radius 2 is 1.87 bits per heavy atom. The molecule has 11 heteroatoms. The highest BCUT2D eigenvalue weighted by molar-refractivity contribution is 5.87. The minimum atomic E-state index is -0.630. The van der Waals surface area contributed by atoms with Crippen LogP contribution in [-0.4, -0.2) is 61.0 Å². The monoisotopic (exact) mass is 524 g/mol. The molecule has 0 radical (unpaired) electrons. The van der Waals surface area contributed by atoms with Crippen molar-refractivity contribution < 1.29 is 9.26 Å². The van der Waals surface area contributed by atoms with E-state index in [1.807, 2.05) is 0 Å². The molecule has 1 aliphatic heterocycles. The van der Waals surface area contributed by atoms with E-state index in [4.69, 9.17) is 24.2 Å². The number of H-pyrrole nitrogens is 1. The second kappa shape index (κ2) is 10.3. The summed E-state index contributed by atoms with van der Waals surface area (Å²) in [5.74, 6) is 3.53. The molecule has 206 valence electrons. The lowest BCUT2D eigenvalue weighted by molar-refractivity contribution is 0.0274. The number of hydrogen-bond acceptors (Lipinski definition) is 9. The lowest BCUT2D eigenvalue weighted by Gasteiger charge is -2.39. The third kappa shape index (κ3) is 4.81. The summed E-state index contributed by atoms with van der Waals surface area (Å²) in [6.07, 6.45) is 8.79. The molecule has 3 atom stereocenters. The van der Waals surface area contributed by atoms with Crippen molar-refractivity contribution in [3.8, 4) is 11.6 Å². The van der Waals surface area contributed by atoms with Crippen LogP contribution in [0.1, 0.15) is 72.6 Å². The van der Waals surface area contributed by atoms with Crippen LogP contribution in [0.2, 0.25) is 0 Å². The van der Waals surface area contributed by atoms with Gasteiger partial charge in [-0.15, -0.1) is 0 Å². The molecule has 4 heterocycles. The minimum Gasteiger partial charge on any atom is -0.375 e. The van der Waals surface area contributed by atoms with Crippen LogP contribution in [0.15, 0.2) is 9.32 Å². The number of ether oxygens (including phenoxy) is 1. The van der Waals surface area contributed by atoms with Crippen LogP contribution in [0, 0.1) is 17.8 Å². The quantitative estimate of drug-likeness (QED) is 0.467. The molecule has 2 N–H and O–H groups in total. The number of aromatic nitrogens is 6. The molecule has 2 saturated carbocycles. The molecule has 3 aliphatic rings. The van der Waals surface area contributed by atoms with Gasteiger partial charge in [-0.25, -0.2) is 14.8 Å². The van der Waals surface area contributed by atoms with Gasteiger partial charge in [0.15, 0.2) is 11.5 Å². The molecule has 3 aromatic rings. The van der Waals surface area contributed by atoms with E-state index in [1.54, 1.807) is 0 Å². The van der Waals surface area contributed by atoms with Crippen LogP contribution in [-0.2, 0) is 11.3 Å². The Labute approximate surface area is 222 Å². The molecule has 0 unspecified atom stereocenters. The number of imidazole rings is 1. The summed E-state index contributed by atoms with van der Waals surface area (Å²) in [7, 11) is 0. The Kier molecular flexibility index (Phi) is 6.88. The Balaban J connectivity index is 1.49. The summed E-state index contributed by atoms with van der Waals surface area (Å²) in [6, 6.07) is 0.436. The smallest absolute Gasteiger partial charge is 0.375 e. The van der Waals surface area contributed by atoms with E-state index in [0.29, 0.717) is 29.9 Å². The number of aromatic amines is 1. The SMILES string of the molecule is C[C@@H]1OCCN(c2nc3nc(-c4noc(=O)[nH]4)nc(N[C@H](C)C4CCC4)c3n2C[C@H]2CC[C@H](C)CC2)[C@@H]1C. The molecule has 11 nitrogen and oxygen atoms in total. The molecule has 0 bridgehead atoms. The second-order valence-corrected chi connectivity index (χ2v) is 11.8. The standard InChI is InChI=1S/C27H40N8O3/c1-15-8-10-19(11-9-15)14-35-21-22(28-16(2)20-6-5-7-20)29-24(25-32-27(36)38-33-25)30-23(21)31-26(35)34-12-13-37-18(4)17(34)3/h15-20H,5-14H2,1-4H3,(H,28,29,30)(H,32,33,36)/t15-,16-,17-,18+,19-/m1/s1. The van der Waals surface area contributed by atoms with Gasteiger partial charge in [-0.3, -0.25) is 9.51 Å². The zero-order chi connectivity index (χ0) is 26.4. The molecule has 38 heavy (non-hydrogen) atoms. The third-order valence-corrected chi connectivity index (χ3v) is 9.17. The lowest BCUT2D eigenvalue weighted by Crippen LogP contribution is -2.49. The predicted molar refractivity (Wildman–Crippen MR) is 145 cm³/mol. The van der Waals surface area contributed by atoms with Crippen molar-refractivity contribution in [2.45, 2.75) is 97.4 Å². The van der Waals surface area contributed by atoms with Crippen molar-refractivity contribution in [3.63, 3.8) is 0 Å². The fourth-order valence-corrected chi connectivity index (χ4v) is 6.21. The van der Waals surface area contributed by atoms with E-state index in [-0.39, 0.29) is 24.0 Å². The van der Waals surface area contributed by atoms with Gasteiger partial charge >= 0.3 is 5.76 Å². The third-order valence-electron chi connectivity index (χ3n) is 9.17. The average molecular weight is 525 g/mol. The van der Waals surface area contributed by atoms with Gasteiger partial charge in [0.2, 0.25) is 17.6 Å². The fourth-order valence-electron chi connectivity index (χ4n) is 6.21. The van der Waals surface area contributed by atoms with E-state index in [0.717, 1.165) is 36.3 Å². The number of anilines is 2. The van der Waals surface area contributed by atoms with Crippen molar-refractivity contribution >= 4 is 22.9 Å².